The Morgan fingerprint density at radius 2 is 1.79 bits per heavy atom. The van der Waals surface area contributed by atoms with Gasteiger partial charge in [0.2, 0.25) is 17.7 Å². The van der Waals surface area contributed by atoms with Crippen LogP contribution in [0, 0.1) is 5.92 Å². The van der Waals surface area contributed by atoms with Gasteiger partial charge in [-0.1, -0.05) is 34.1 Å². The van der Waals surface area contributed by atoms with Crippen molar-refractivity contribution in [3.05, 3.63) is 0 Å². The number of amides is 4. The highest BCUT2D eigenvalue weighted by atomic mass is 16.6. The van der Waals surface area contributed by atoms with Crippen molar-refractivity contribution in [3.8, 4) is 0 Å². The number of ether oxygens (including phenoxy) is 1. The lowest BCUT2D eigenvalue weighted by molar-refractivity contribution is -0.139. The summed E-state index contributed by atoms with van der Waals surface area (Å²) in [7, 11) is 0. The standard InChI is InChI=1S/C16H28N4O5.C4H10/c1-5-6-11(13(22)18-9-12(17)21)20-8-7-10(14(20)23)19-15(24)25-16(2,3)4;1-4(2)3/h10-11H,5-9H2,1-4H3,(H2,17,21)(H,18,22)(H,19,24);4H,1-3H3/t10-,11+;/m1./s1. The van der Waals surface area contributed by atoms with Crippen molar-refractivity contribution >= 4 is 23.8 Å². The Hall–Kier alpha value is -2.32. The van der Waals surface area contributed by atoms with Crippen LogP contribution in [0.4, 0.5) is 4.79 Å². The van der Waals surface area contributed by atoms with Gasteiger partial charge >= 0.3 is 6.09 Å². The van der Waals surface area contributed by atoms with Crippen LogP contribution in [0.1, 0.15) is 67.7 Å². The lowest BCUT2D eigenvalue weighted by atomic mass is 10.1. The van der Waals surface area contributed by atoms with Gasteiger partial charge in [0, 0.05) is 6.54 Å². The molecule has 9 nitrogen and oxygen atoms in total. The molecule has 4 N–H and O–H groups in total. The Morgan fingerprint density at radius 1 is 1.24 bits per heavy atom. The summed E-state index contributed by atoms with van der Waals surface area (Å²) in [5.74, 6) is -0.578. The van der Waals surface area contributed by atoms with E-state index in [-0.39, 0.29) is 12.5 Å². The van der Waals surface area contributed by atoms with E-state index in [4.69, 9.17) is 10.5 Å². The van der Waals surface area contributed by atoms with Crippen LogP contribution in [-0.4, -0.2) is 59.5 Å². The van der Waals surface area contributed by atoms with E-state index in [1.165, 1.54) is 4.90 Å². The number of hydrogen-bond acceptors (Lipinski definition) is 5. The molecular formula is C20H38N4O5. The van der Waals surface area contributed by atoms with Gasteiger partial charge in [-0.3, -0.25) is 14.4 Å². The summed E-state index contributed by atoms with van der Waals surface area (Å²) < 4.78 is 5.15. The number of alkyl carbamates (subject to hydrolysis) is 1. The van der Waals surface area contributed by atoms with Crippen molar-refractivity contribution in [2.24, 2.45) is 11.7 Å². The normalized spacial score (nSPS) is 17.3. The molecular weight excluding hydrogens is 376 g/mol. The van der Waals surface area contributed by atoms with Gasteiger partial charge in [0.25, 0.3) is 0 Å². The minimum absolute atomic E-state index is 0.277. The Kier molecular flexibility index (Phi) is 11.3. The molecule has 0 aromatic carbocycles. The van der Waals surface area contributed by atoms with Gasteiger partial charge in [0.15, 0.2) is 0 Å². The van der Waals surface area contributed by atoms with Crippen LogP contribution in [0.15, 0.2) is 0 Å². The minimum Gasteiger partial charge on any atom is -0.444 e. The zero-order chi connectivity index (χ0) is 22.8. The lowest BCUT2D eigenvalue weighted by Gasteiger charge is -2.27. The molecule has 4 amide bonds. The third-order valence-corrected chi connectivity index (χ3v) is 3.61. The number of nitrogens with two attached hydrogens (primary N) is 1. The molecule has 0 bridgehead atoms. The summed E-state index contributed by atoms with van der Waals surface area (Å²) in [6, 6.07) is -1.42. The number of primary amides is 1. The second kappa shape index (κ2) is 12.3. The number of carbonyl (C=O) groups excluding carboxylic acids is 4. The van der Waals surface area contributed by atoms with E-state index in [0.717, 1.165) is 5.92 Å². The Bertz CT molecular complexity index is 569. The molecule has 1 aliphatic heterocycles. The van der Waals surface area contributed by atoms with Crippen molar-refractivity contribution in [1.82, 2.24) is 15.5 Å². The summed E-state index contributed by atoms with van der Waals surface area (Å²) in [6.07, 6.45) is 0.859. The fourth-order valence-corrected chi connectivity index (χ4v) is 2.59. The third-order valence-electron chi connectivity index (χ3n) is 3.61. The van der Waals surface area contributed by atoms with E-state index in [0.29, 0.717) is 25.8 Å². The second-order valence-corrected chi connectivity index (χ2v) is 8.74. The van der Waals surface area contributed by atoms with Gasteiger partial charge in [0.1, 0.15) is 17.7 Å². The van der Waals surface area contributed by atoms with Crippen molar-refractivity contribution in [2.75, 3.05) is 13.1 Å². The lowest BCUT2D eigenvalue weighted by Crippen LogP contribution is -2.51. The maximum absolute atomic E-state index is 12.5. The van der Waals surface area contributed by atoms with Crippen LogP contribution in [0.25, 0.3) is 0 Å². The molecule has 0 aromatic heterocycles. The average molecular weight is 415 g/mol. The van der Waals surface area contributed by atoms with Crippen molar-refractivity contribution < 1.29 is 23.9 Å². The van der Waals surface area contributed by atoms with E-state index < -0.39 is 35.6 Å². The fourth-order valence-electron chi connectivity index (χ4n) is 2.59. The molecule has 1 heterocycles. The predicted molar refractivity (Wildman–Crippen MR) is 111 cm³/mol. The first kappa shape index (κ1) is 26.7. The van der Waals surface area contributed by atoms with Gasteiger partial charge in [-0.2, -0.15) is 0 Å². The molecule has 29 heavy (non-hydrogen) atoms. The number of nitrogens with one attached hydrogen (secondary N) is 2. The first-order valence-electron chi connectivity index (χ1n) is 10.1. The zero-order valence-corrected chi connectivity index (χ0v) is 18.8. The Labute approximate surface area is 174 Å². The molecule has 0 aliphatic carbocycles. The summed E-state index contributed by atoms with van der Waals surface area (Å²) in [5.41, 5.74) is 4.37. The van der Waals surface area contributed by atoms with Crippen molar-refractivity contribution in [3.63, 3.8) is 0 Å². The Balaban J connectivity index is 0.00000178. The SMILES string of the molecule is CC(C)C.CCC[C@@H](C(=O)NCC(N)=O)N1CC[C@@H](NC(=O)OC(C)(C)C)C1=O. The highest BCUT2D eigenvalue weighted by molar-refractivity contribution is 5.93. The molecule has 0 saturated carbocycles. The number of likely N-dealkylation sites (tertiary alicyclic amines) is 1. The van der Waals surface area contributed by atoms with Gasteiger partial charge < -0.3 is 26.0 Å². The molecule has 1 aliphatic rings. The molecule has 1 saturated heterocycles. The molecule has 1 fully saturated rings. The van der Waals surface area contributed by atoms with E-state index >= 15 is 0 Å². The number of hydrogen-bond donors (Lipinski definition) is 3. The summed E-state index contributed by atoms with van der Waals surface area (Å²) in [6.45, 7) is 13.7. The molecule has 168 valence electrons. The van der Waals surface area contributed by atoms with E-state index in [2.05, 4.69) is 31.4 Å². The molecule has 0 spiro atoms. The maximum Gasteiger partial charge on any atom is 0.408 e. The number of carbonyl (C=O) groups is 4. The Morgan fingerprint density at radius 3 is 2.24 bits per heavy atom. The molecule has 0 radical (unpaired) electrons. The van der Waals surface area contributed by atoms with Gasteiger partial charge in [-0.05, 0) is 39.5 Å². The first-order chi connectivity index (χ1) is 13.3. The molecule has 2 atom stereocenters. The van der Waals surface area contributed by atoms with Gasteiger partial charge in [-0.25, -0.2) is 4.79 Å². The number of nitrogens with zero attached hydrogens (tertiary/aromatic N) is 1. The summed E-state index contributed by atoms with van der Waals surface area (Å²) in [4.78, 5) is 48.9. The minimum atomic E-state index is -0.724. The van der Waals surface area contributed by atoms with Crippen LogP contribution < -0.4 is 16.4 Å². The van der Waals surface area contributed by atoms with E-state index in [9.17, 15) is 19.2 Å². The summed E-state index contributed by atoms with van der Waals surface area (Å²) >= 11 is 0. The highest BCUT2D eigenvalue weighted by Gasteiger charge is 2.39. The molecule has 1 rings (SSSR count). The van der Waals surface area contributed by atoms with Crippen molar-refractivity contribution in [1.29, 1.82) is 0 Å². The van der Waals surface area contributed by atoms with Crippen LogP contribution in [0.2, 0.25) is 0 Å². The molecule has 9 heteroatoms. The summed E-state index contributed by atoms with van der Waals surface area (Å²) in [5, 5.41) is 4.97. The smallest absolute Gasteiger partial charge is 0.408 e. The van der Waals surface area contributed by atoms with Crippen LogP contribution >= 0.6 is 0 Å². The topological polar surface area (TPSA) is 131 Å². The van der Waals surface area contributed by atoms with Gasteiger partial charge in [-0.15, -0.1) is 0 Å². The zero-order valence-electron chi connectivity index (χ0n) is 18.8. The third kappa shape index (κ3) is 11.3. The molecule has 0 unspecified atom stereocenters. The maximum atomic E-state index is 12.5. The number of rotatable bonds is 7. The van der Waals surface area contributed by atoms with Gasteiger partial charge in [0.05, 0.1) is 6.54 Å². The van der Waals surface area contributed by atoms with Crippen LogP contribution in [0.5, 0.6) is 0 Å². The monoisotopic (exact) mass is 414 g/mol. The molecule has 0 aromatic rings. The predicted octanol–water partition coefficient (Wildman–Crippen LogP) is 1.54. The quantitative estimate of drug-likeness (QED) is 0.582. The van der Waals surface area contributed by atoms with Crippen LogP contribution in [0.3, 0.4) is 0 Å². The van der Waals surface area contributed by atoms with Crippen molar-refractivity contribution in [2.45, 2.75) is 85.4 Å². The van der Waals surface area contributed by atoms with Crippen LogP contribution in [-0.2, 0) is 19.1 Å². The fraction of sp³-hybridized carbons (Fsp3) is 0.800. The largest absolute Gasteiger partial charge is 0.444 e. The van der Waals surface area contributed by atoms with E-state index in [1.54, 1.807) is 20.8 Å². The van der Waals surface area contributed by atoms with E-state index in [1.807, 2.05) is 6.92 Å². The second-order valence-electron chi connectivity index (χ2n) is 8.74. The highest BCUT2D eigenvalue weighted by Crippen LogP contribution is 2.19. The average Bonchev–Trinajstić information content (AvgIpc) is 2.88. The first-order valence-corrected chi connectivity index (χ1v) is 10.1.